The fraction of sp³-hybridized carbons (Fsp3) is 0.450. The van der Waals surface area contributed by atoms with E-state index in [1.165, 1.54) is 24.1 Å². The molecular weight excluding hydrogens is 316 g/mol. The topological polar surface area (TPSA) is 57.7 Å². The minimum absolute atomic E-state index is 0.0784. The first kappa shape index (κ1) is 18.9. The number of allylic oxidation sites excluding steroid dienone is 4. The van der Waals surface area contributed by atoms with E-state index in [0.717, 1.165) is 36.2 Å². The molecule has 134 valence electrons. The van der Waals surface area contributed by atoms with Crippen LogP contribution in [-0.2, 0) is 9.59 Å². The van der Waals surface area contributed by atoms with Gasteiger partial charge in [0.25, 0.3) is 0 Å². The SMILES string of the molecule is C=C/C=C(\C=C)C(=O)CN1CC(C)(C2=CCCCC2)C(=O)N(C)C1=O. The predicted molar refractivity (Wildman–Crippen MR) is 97.9 cm³/mol. The number of hydrogen-bond donors (Lipinski definition) is 0. The van der Waals surface area contributed by atoms with Crippen molar-refractivity contribution >= 4 is 17.7 Å². The Morgan fingerprint density at radius 2 is 2.04 bits per heavy atom. The number of hydrogen-bond acceptors (Lipinski definition) is 3. The van der Waals surface area contributed by atoms with Gasteiger partial charge in [-0.15, -0.1) is 0 Å². The van der Waals surface area contributed by atoms with Gasteiger partial charge in [0.05, 0.1) is 12.0 Å². The van der Waals surface area contributed by atoms with Crippen LogP contribution in [0.4, 0.5) is 4.79 Å². The van der Waals surface area contributed by atoms with Crippen molar-refractivity contribution in [1.29, 1.82) is 0 Å². The van der Waals surface area contributed by atoms with E-state index in [-0.39, 0.29) is 24.8 Å². The summed E-state index contributed by atoms with van der Waals surface area (Å²) in [4.78, 5) is 40.3. The molecule has 1 aliphatic carbocycles. The van der Waals surface area contributed by atoms with E-state index < -0.39 is 11.4 Å². The molecule has 1 aliphatic heterocycles. The summed E-state index contributed by atoms with van der Waals surface area (Å²) < 4.78 is 0. The predicted octanol–water partition coefficient (Wildman–Crippen LogP) is 3.25. The first-order valence-corrected chi connectivity index (χ1v) is 8.60. The van der Waals surface area contributed by atoms with E-state index in [0.29, 0.717) is 5.57 Å². The second-order valence-electron chi connectivity index (χ2n) is 6.80. The van der Waals surface area contributed by atoms with Crippen LogP contribution in [0.25, 0.3) is 0 Å². The van der Waals surface area contributed by atoms with Crippen molar-refractivity contribution in [1.82, 2.24) is 9.80 Å². The van der Waals surface area contributed by atoms with Crippen molar-refractivity contribution in [2.24, 2.45) is 5.41 Å². The number of Topliss-reactive ketones (excluding diaryl/α,β-unsaturated/α-hetero) is 1. The van der Waals surface area contributed by atoms with Gasteiger partial charge in [0.2, 0.25) is 5.91 Å². The van der Waals surface area contributed by atoms with Crippen molar-refractivity contribution in [3.05, 3.63) is 48.6 Å². The minimum Gasteiger partial charge on any atom is -0.315 e. The largest absolute Gasteiger partial charge is 0.326 e. The molecule has 5 nitrogen and oxygen atoms in total. The summed E-state index contributed by atoms with van der Waals surface area (Å²) in [6.07, 6.45) is 10.7. The van der Waals surface area contributed by atoms with Gasteiger partial charge in [-0.1, -0.05) is 43.0 Å². The standard InChI is InChI=1S/C20H26N2O3/c1-5-10-15(6-2)17(23)13-22-14-20(3,16-11-8-7-9-12-16)18(24)21(4)19(22)25/h5-6,10-11H,1-2,7-9,12-14H2,3-4H3/b15-10+. The molecule has 0 radical (unpaired) electrons. The summed E-state index contributed by atoms with van der Waals surface area (Å²) in [6, 6.07) is -0.436. The van der Waals surface area contributed by atoms with E-state index >= 15 is 0 Å². The van der Waals surface area contributed by atoms with Crippen LogP contribution < -0.4 is 0 Å². The molecule has 2 aliphatic rings. The van der Waals surface area contributed by atoms with Crippen LogP contribution >= 0.6 is 0 Å². The number of nitrogens with zero attached hydrogens (tertiary/aromatic N) is 2. The van der Waals surface area contributed by atoms with Gasteiger partial charge in [0.1, 0.15) is 0 Å². The molecule has 1 fully saturated rings. The third-order valence-corrected chi connectivity index (χ3v) is 5.01. The molecule has 1 unspecified atom stereocenters. The number of urea groups is 1. The van der Waals surface area contributed by atoms with Crippen LogP contribution in [0.1, 0.15) is 32.6 Å². The number of amides is 3. The molecule has 1 saturated heterocycles. The number of rotatable bonds is 6. The molecule has 0 aromatic heterocycles. The van der Waals surface area contributed by atoms with Crippen LogP contribution in [0.5, 0.6) is 0 Å². The Morgan fingerprint density at radius 1 is 1.32 bits per heavy atom. The smallest absolute Gasteiger partial charge is 0.315 e. The molecule has 2 rings (SSSR count). The first-order valence-electron chi connectivity index (χ1n) is 8.60. The maximum Gasteiger partial charge on any atom is 0.326 e. The van der Waals surface area contributed by atoms with Crippen molar-refractivity contribution < 1.29 is 14.4 Å². The average molecular weight is 342 g/mol. The Labute approximate surface area is 149 Å². The maximum absolute atomic E-state index is 12.8. The zero-order chi connectivity index (χ0) is 18.6. The molecule has 0 spiro atoms. The van der Waals surface area contributed by atoms with Crippen molar-refractivity contribution in [3.63, 3.8) is 0 Å². The van der Waals surface area contributed by atoms with Crippen LogP contribution in [0.3, 0.4) is 0 Å². The number of imide groups is 1. The van der Waals surface area contributed by atoms with Gasteiger partial charge in [-0.3, -0.25) is 14.5 Å². The van der Waals surface area contributed by atoms with Crippen LogP contribution in [-0.4, -0.2) is 47.7 Å². The third-order valence-electron chi connectivity index (χ3n) is 5.01. The van der Waals surface area contributed by atoms with E-state index in [1.807, 2.05) is 6.92 Å². The molecule has 0 aromatic rings. The fourth-order valence-corrected chi connectivity index (χ4v) is 3.55. The highest BCUT2D eigenvalue weighted by molar-refractivity contribution is 6.05. The molecule has 1 atom stereocenters. The fourth-order valence-electron chi connectivity index (χ4n) is 3.55. The van der Waals surface area contributed by atoms with Crippen LogP contribution in [0.15, 0.2) is 48.6 Å². The van der Waals surface area contributed by atoms with Crippen molar-refractivity contribution in [3.8, 4) is 0 Å². The Balaban J connectivity index is 2.28. The second-order valence-corrected chi connectivity index (χ2v) is 6.80. The van der Waals surface area contributed by atoms with Crippen LogP contribution in [0.2, 0.25) is 0 Å². The van der Waals surface area contributed by atoms with Gasteiger partial charge < -0.3 is 4.90 Å². The molecule has 0 N–H and O–H groups in total. The average Bonchev–Trinajstić information content (AvgIpc) is 2.63. The summed E-state index contributed by atoms with van der Waals surface area (Å²) in [6.45, 7) is 9.23. The van der Waals surface area contributed by atoms with Crippen molar-refractivity contribution in [2.45, 2.75) is 32.6 Å². The lowest BCUT2D eigenvalue weighted by molar-refractivity contribution is -0.140. The Hall–Kier alpha value is -2.43. The van der Waals surface area contributed by atoms with E-state index in [9.17, 15) is 14.4 Å². The number of ketones is 1. The van der Waals surface area contributed by atoms with Gasteiger partial charge in [0.15, 0.2) is 5.78 Å². The second kappa shape index (κ2) is 7.64. The van der Waals surface area contributed by atoms with Gasteiger partial charge in [0, 0.05) is 19.2 Å². The normalized spacial score (nSPS) is 24.9. The Kier molecular flexibility index (Phi) is 5.77. The monoisotopic (exact) mass is 342 g/mol. The van der Waals surface area contributed by atoms with Gasteiger partial charge in [-0.05, 0) is 32.6 Å². The highest BCUT2D eigenvalue weighted by Gasteiger charge is 2.48. The first-order chi connectivity index (χ1) is 11.8. The molecule has 0 aromatic carbocycles. The molecule has 3 amide bonds. The minimum atomic E-state index is -0.764. The van der Waals surface area contributed by atoms with E-state index in [2.05, 4.69) is 19.2 Å². The molecule has 1 heterocycles. The summed E-state index contributed by atoms with van der Waals surface area (Å²) >= 11 is 0. The zero-order valence-corrected chi connectivity index (χ0v) is 15.1. The molecular formula is C20H26N2O3. The zero-order valence-electron chi connectivity index (χ0n) is 15.1. The van der Waals surface area contributed by atoms with Gasteiger partial charge in [-0.25, -0.2) is 4.79 Å². The summed E-state index contributed by atoms with van der Waals surface area (Å²) in [5, 5.41) is 0. The summed E-state index contributed by atoms with van der Waals surface area (Å²) in [7, 11) is 1.48. The van der Waals surface area contributed by atoms with E-state index in [1.54, 1.807) is 6.08 Å². The highest BCUT2D eigenvalue weighted by atomic mass is 16.2. The molecule has 5 heteroatoms. The Morgan fingerprint density at radius 3 is 2.60 bits per heavy atom. The molecule has 25 heavy (non-hydrogen) atoms. The number of carbonyl (C=O) groups is 3. The molecule has 0 bridgehead atoms. The van der Waals surface area contributed by atoms with Gasteiger partial charge >= 0.3 is 6.03 Å². The van der Waals surface area contributed by atoms with Crippen molar-refractivity contribution in [2.75, 3.05) is 20.1 Å². The summed E-state index contributed by atoms with van der Waals surface area (Å²) in [5.41, 5.74) is 0.715. The lowest BCUT2D eigenvalue weighted by Gasteiger charge is -2.44. The maximum atomic E-state index is 12.8. The highest BCUT2D eigenvalue weighted by Crippen LogP contribution is 2.39. The lowest BCUT2D eigenvalue weighted by Crippen LogP contribution is -2.61. The summed E-state index contributed by atoms with van der Waals surface area (Å²) in [5.74, 6) is -0.411. The third kappa shape index (κ3) is 3.65. The van der Waals surface area contributed by atoms with Gasteiger partial charge in [-0.2, -0.15) is 0 Å². The lowest BCUT2D eigenvalue weighted by atomic mass is 9.74. The quantitative estimate of drug-likeness (QED) is 0.423. The molecule has 0 saturated carbocycles. The Bertz CT molecular complexity index is 674. The van der Waals surface area contributed by atoms with Crippen LogP contribution in [0, 0.1) is 5.41 Å². The van der Waals surface area contributed by atoms with E-state index in [4.69, 9.17) is 0 Å². The number of carbonyl (C=O) groups excluding carboxylic acids is 3.